The van der Waals surface area contributed by atoms with Crippen molar-refractivity contribution in [3.05, 3.63) is 59.1 Å². The van der Waals surface area contributed by atoms with Crippen LogP contribution in [0.4, 0.5) is 5.69 Å². The number of hydrogen-bond acceptors (Lipinski definition) is 2. The van der Waals surface area contributed by atoms with Gasteiger partial charge in [-0.1, -0.05) is 41.9 Å². The van der Waals surface area contributed by atoms with Crippen LogP contribution in [0, 0.1) is 0 Å². The van der Waals surface area contributed by atoms with Gasteiger partial charge in [0.05, 0.1) is 16.0 Å². The summed E-state index contributed by atoms with van der Waals surface area (Å²) in [6.45, 7) is 0. The zero-order valence-electron chi connectivity index (χ0n) is 10.1. The minimum Gasteiger partial charge on any atom is -0.324 e. The summed E-state index contributed by atoms with van der Waals surface area (Å²) < 4.78 is 0. The fourth-order valence-corrected chi connectivity index (χ4v) is 3.48. The second-order valence-corrected chi connectivity index (χ2v) is 6.04. The van der Waals surface area contributed by atoms with Crippen LogP contribution in [0.2, 0.25) is 5.02 Å². The van der Waals surface area contributed by atoms with E-state index in [2.05, 4.69) is 17.4 Å². The van der Waals surface area contributed by atoms with Gasteiger partial charge in [-0.05, 0) is 30.2 Å². The summed E-state index contributed by atoms with van der Waals surface area (Å²) in [6, 6.07) is 15.4. The highest BCUT2D eigenvalue weighted by Crippen LogP contribution is 2.37. The Morgan fingerprint density at radius 3 is 2.68 bits per heavy atom. The van der Waals surface area contributed by atoms with Crippen LogP contribution in [0.3, 0.4) is 0 Å². The molecule has 0 saturated carbocycles. The van der Waals surface area contributed by atoms with Gasteiger partial charge in [0.25, 0.3) is 0 Å². The summed E-state index contributed by atoms with van der Waals surface area (Å²) in [4.78, 5) is 13.4. The van der Waals surface area contributed by atoms with Crippen molar-refractivity contribution >= 4 is 35.0 Å². The van der Waals surface area contributed by atoms with Gasteiger partial charge in [0.1, 0.15) is 0 Å². The predicted octanol–water partition coefficient (Wildman–Crippen LogP) is 4.00. The van der Waals surface area contributed by atoms with Crippen molar-refractivity contribution in [3.8, 4) is 0 Å². The average Bonchev–Trinajstić information content (AvgIpc) is 2.85. The van der Waals surface area contributed by atoms with Gasteiger partial charge in [-0.3, -0.25) is 4.79 Å². The summed E-state index contributed by atoms with van der Waals surface area (Å²) in [7, 11) is 0. The van der Waals surface area contributed by atoms with Crippen molar-refractivity contribution in [3.63, 3.8) is 0 Å². The van der Waals surface area contributed by atoms with Crippen molar-refractivity contribution in [2.24, 2.45) is 0 Å². The third-order valence-electron chi connectivity index (χ3n) is 3.07. The molecule has 0 fully saturated rings. The smallest absolute Gasteiger partial charge is 0.238 e. The van der Waals surface area contributed by atoms with E-state index in [1.54, 1.807) is 17.8 Å². The fraction of sp³-hybridized carbons (Fsp3) is 0.133. The number of nitrogens with one attached hydrogen (secondary N) is 1. The highest BCUT2D eigenvalue weighted by molar-refractivity contribution is 8.01. The molecule has 2 aromatic rings. The van der Waals surface area contributed by atoms with E-state index in [0.29, 0.717) is 10.7 Å². The third-order valence-corrected chi connectivity index (χ3v) is 4.72. The molecular formula is C15H12ClNOS. The molecule has 1 unspecified atom stereocenters. The zero-order valence-corrected chi connectivity index (χ0v) is 11.7. The topological polar surface area (TPSA) is 29.1 Å². The molecule has 0 bridgehead atoms. The molecule has 1 aliphatic heterocycles. The fourth-order valence-electron chi connectivity index (χ4n) is 2.10. The van der Waals surface area contributed by atoms with E-state index < -0.39 is 0 Å². The second kappa shape index (κ2) is 5.27. The number of anilines is 1. The number of hydrogen-bond donors (Lipinski definition) is 1. The lowest BCUT2D eigenvalue weighted by molar-refractivity contribution is -0.115. The Hall–Kier alpha value is -1.45. The number of benzene rings is 2. The van der Waals surface area contributed by atoms with E-state index in [9.17, 15) is 4.79 Å². The maximum atomic E-state index is 12.2. The van der Waals surface area contributed by atoms with Crippen LogP contribution in [0.1, 0.15) is 5.56 Å². The summed E-state index contributed by atoms with van der Waals surface area (Å²) in [6.07, 6.45) is 0.775. The minimum atomic E-state index is -0.0753. The van der Waals surface area contributed by atoms with Gasteiger partial charge in [-0.25, -0.2) is 0 Å². The molecule has 1 N–H and O–H groups in total. The van der Waals surface area contributed by atoms with E-state index in [-0.39, 0.29) is 11.2 Å². The van der Waals surface area contributed by atoms with Crippen LogP contribution < -0.4 is 5.32 Å². The molecule has 1 atom stereocenters. The number of rotatable bonds is 2. The molecule has 0 radical (unpaired) electrons. The Bertz CT molecular complexity index is 604. The summed E-state index contributed by atoms with van der Waals surface area (Å²) in [5.74, 6) is 0.00861. The Balaban J connectivity index is 1.72. The first-order chi connectivity index (χ1) is 9.24. The minimum absolute atomic E-state index is 0.00861. The molecule has 0 aliphatic carbocycles. The Labute approximate surface area is 121 Å². The summed E-state index contributed by atoms with van der Waals surface area (Å²) >= 11 is 7.66. The lowest BCUT2D eigenvalue weighted by Crippen LogP contribution is -2.24. The first-order valence-electron chi connectivity index (χ1n) is 6.04. The number of fused-ring (bicyclic) bond motifs is 1. The molecule has 2 aromatic carbocycles. The molecule has 96 valence electrons. The zero-order chi connectivity index (χ0) is 13.2. The molecule has 0 spiro atoms. The van der Waals surface area contributed by atoms with Crippen LogP contribution in [-0.2, 0) is 11.2 Å². The number of amides is 1. The Kier molecular flexibility index (Phi) is 3.49. The predicted molar refractivity (Wildman–Crippen MR) is 79.9 cm³/mol. The average molecular weight is 290 g/mol. The van der Waals surface area contributed by atoms with Gasteiger partial charge in [-0.15, -0.1) is 11.8 Å². The van der Waals surface area contributed by atoms with Crippen LogP contribution in [0.5, 0.6) is 0 Å². The van der Waals surface area contributed by atoms with Crippen molar-refractivity contribution in [1.82, 2.24) is 0 Å². The van der Waals surface area contributed by atoms with Crippen molar-refractivity contribution in [2.45, 2.75) is 16.6 Å². The van der Waals surface area contributed by atoms with Crippen LogP contribution in [0.15, 0.2) is 53.4 Å². The third kappa shape index (κ3) is 2.62. The molecule has 1 amide bonds. The SMILES string of the molecule is O=C(Nc1ccccc1Cl)C1Cc2ccccc2S1. The number of para-hydroxylation sites is 1. The molecule has 0 aromatic heterocycles. The van der Waals surface area contributed by atoms with Crippen molar-refractivity contribution in [1.29, 1.82) is 0 Å². The molecule has 19 heavy (non-hydrogen) atoms. The van der Waals surface area contributed by atoms with E-state index in [1.807, 2.05) is 30.3 Å². The molecule has 1 aliphatic rings. The van der Waals surface area contributed by atoms with E-state index in [0.717, 1.165) is 6.42 Å². The Morgan fingerprint density at radius 2 is 1.89 bits per heavy atom. The normalized spacial score (nSPS) is 17.0. The maximum Gasteiger partial charge on any atom is 0.238 e. The maximum absolute atomic E-state index is 12.2. The van der Waals surface area contributed by atoms with Crippen molar-refractivity contribution in [2.75, 3.05) is 5.32 Å². The first kappa shape index (κ1) is 12.6. The van der Waals surface area contributed by atoms with E-state index in [4.69, 9.17) is 11.6 Å². The molecule has 1 heterocycles. The highest BCUT2D eigenvalue weighted by atomic mass is 35.5. The standard InChI is InChI=1S/C15H12ClNOS/c16-11-6-2-3-7-12(11)17-15(18)14-9-10-5-1-4-8-13(10)19-14/h1-8,14H,9H2,(H,17,18). The largest absolute Gasteiger partial charge is 0.324 e. The highest BCUT2D eigenvalue weighted by Gasteiger charge is 2.28. The summed E-state index contributed by atoms with van der Waals surface area (Å²) in [5, 5.41) is 3.39. The molecular weight excluding hydrogens is 278 g/mol. The van der Waals surface area contributed by atoms with Crippen LogP contribution in [0.25, 0.3) is 0 Å². The number of halogens is 1. The van der Waals surface area contributed by atoms with E-state index >= 15 is 0 Å². The molecule has 2 nitrogen and oxygen atoms in total. The van der Waals surface area contributed by atoms with Crippen molar-refractivity contribution < 1.29 is 4.79 Å². The second-order valence-electron chi connectivity index (χ2n) is 4.39. The Morgan fingerprint density at radius 1 is 1.16 bits per heavy atom. The van der Waals surface area contributed by atoms with Crippen LogP contribution in [-0.4, -0.2) is 11.2 Å². The number of carbonyl (C=O) groups excluding carboxylic acids is 1. The molecule has 0 saturated heterocycles. The summed E-state index contributed by atoms with van der Waals surface area (Å²) in [5.41, 5.74) is 1.91. The lowest BCUT2D eigenvalue weighted by atomic mass is 10.1. The van der Waals surface area contributed by atoms with Gasteiger partial charge < -0.3 is 5.32 Å². The first-order valence-corrected chi connectivity index (χ1v) is 7.30. The molecule has 3 rings (SSSR count). The van der Waals surface area contributed by atoms with Gasteiger partial charge in [0, 0.05) is 4.90 Å². The number of carbonyl (C=O) groups is 1. The number of thioether (sulfide) groups is 1. The quantitative estimate of drug-likeness (QED) is 0.905. The van der Waals surface area contributed by atoms with Gasteiger partial charge in [0.2, 0.25) is 5.91 Å². The monoisotopic (exact) mass is 289 g/mol. The van der Waals surface area contributed by atoms with Crippen LogP contribution >= 0.6 is 23.4 Å². The molecule has 4 heteroatoms. The van der Waals surface area contributed by atoms with Gasteiger partial charge >= 0.3 is 0 Å². The van der Waals surface area contributed by atoms with E-state index in [1.165, 1.54) is 10.5 Å². The lowest BCUT2D eigenvalue weighted by Gasteiger charge is -2.10. The van der Waals surface area contributed by atoms with Gasteiger partial charge in [0.15, 0.2) is 0 Å². The van der Waals surface area contributed by atoms with Gasteiger partial charge in [-0.2, -0.15) is 0 Å².